The number of non-ortho nitro benzene ring substituents is 1. The van der Waals surface area contributed by atoms with Crippen molar-refractivity contribution < 1.29 is 14.5 Å². The third-order valence-electron chi connectivity index (χ3n) is 5.06. The zero-order valence-corrected chi connectivity index (χ0v) is 17.2. The summed E-state index contributed by atoms with van der Waals surface area (Å²) in [4.78, 5) is 35.7. The molecule has 0 aliphatic carbocycles. The predicted molar refractivity (Wildman–Crippen MR) is 111 cm³/mol. The van der Waals surface area contributed by atoms with E-state index in [2.05, 4.69) is 14.9 Å². The fourth-order valence-corrected chi connectivity index (χ4v) is 4.79. The number of ether oxygens (including phenoxy) is 1. The number of rotatable bonds is 4. The fourth-order valence-electron chi connectivity index (χ4n) is 3.68. The molecule has 0 atom stereocenters. The molecule has 0 fully saturated rings. The van der Waals surface area contributed by atoms with Gasteiger partial charge in [-0.3, -0.25) is 10.1 Å². The van der Waals surface area contributed by atoms with E-state index in [1.54, 1.807) is 19.1 Å². The van der Waals surface area contributed by atoms with Crippen LogP contribution in [-0.2, 0) is 17.7 Å². The number of benzene rings is 1. The first-order chi connectivity index (χ1) is 13.9. The molecule has 1 aliphatic heterocycles. The number of nitro groups is 1. The van der Waals surface area contributed by atoms with E-state index >= 15 is 0 Å². The van der Waals surface area contributed by atoms with Crippen LogP contribution < -0.4 is 4.90 Å². The number of carbonyl (C=O) groups excluding carboxylic acids is 1. The highest BCUT2D eigenvalue weighted by atomic mass is 32.1. The summed E-state index contributed by atoms with van der Waals surface area (Å²) in [7, 11) is 0. The lowest BCUT2D eigenvalue weighted by Gasteiger charge is -2.30. The maximum absolute atomic E-state index is 12.3. The average Bonchev–Trinajstić information content (AvgIpc) is 3.03. The van der Waals surface area contributed by atoms with Gasteiger partial charge in [-0.2, -0.15) is 0 Å². The normalized spacial score (nSPS) is 13.4. The molecule has 29 heavy (non-hydrogen) atoms. The van der Waals surface area contributed by atoms with Gasteiger partial charge in [-0.15, -0.1) is 11.3 Å². The summed E-state index contributed by atoms with van der Waals surface area (Å²) in [5.41, 5.74) is 2.94. The van der Waals surface area contributed by atoms with Gasteiger partial charge >= 0.3 is 5.97 Å². The smallest absolute Gasteiger partial charge is 0.348 e. The van der Waals surface area contributed by atoms with Crippen molar-refractivity contribution in [2.24, 2.45) is 0 Å². The van der Waals surface area contributed by atoms with Crippen LogP contribution in [0.15, 0.2) is 18.2 Å². The number of thiophene rings is 1. The largest absolute Gasteiger partial charge is 0.462 e. The molecule has 0 N–H and O–H groups in total. The summed E-state index contributed by atoms with van der Waals surface area (Å²) in [5.74, 6) is 1.03. The molecule has 0 amide bonds. The molecule has 2 aromatic heterocycles. The van der Waals surface area contributed by atoms with Gasteiger partial charge in [0.2, 0.25) is 0 Å². The van der Waals surface area contributed by atoms with Gasteiger partial charge in [0.1, 0.15) is 21.3 Å². The molecule has 1 aliphatic rings. The number of fused-ring (bicyclic) bond motifs is 2. The second-order valence-electron chi connectivity index (χ2n) is 6.93. The number of hydrogen-bond donors (Lipinski definition) is 0. The quantitative estimate of drug-likeness (QED) is 0.363. The van der Waals surface area contributed by atoms with E-state index in [1.807, 2.05) is 19.9 Å². The molecule has 0 saturated heterocycles. The summed E-state index contributed by atoms with van der Waals surface area (Å²) in [6, 6.07) is 5.02. The summed E-state index contributed by atoms with van der Waals surface area (Å²) < 4.78 is 5.18. The molecule has 1 aromatic carbocycles. The van der Waals surface area contributed by atoms with Crippen LogP contribution in [0.4, 0.5) is 11.5 Å². The number of anilines is 1. The zero-order valence-electron chi connectivity index (χ0n) is 16.4. The van der Waals surface area contributed by atoms with Crippen molar-refractivity contribution in [2.75, 3.05) is 18.1 Å². The first kappa shape index (κ1) is 19.3. The first-order valence-electron chi connectivity index (χ1n) is 9.35. The fraction of sp³-hybridized carbons (Fsp3) is 0.350. The van der Waals surface area contributed by atoms with Crippen molar-refractivity contribution in [1.82, 2.24) is 9.97 Å². The van der Waals surface area contributed by atoms with E-state index in [4.69, 9.17) is 4.74 Å². The molecule has 4 rings (SSSR count). The number of nitro benzene ring substituents is 1. The summed E-state index contributed by atoms with van der Waals surface area (Å²) in [6.45, 7) is 7.06. The highest BCUT2D eigenvalue weighted by Gasteiger charge is 2.26. The van der Waals surface area contributed by atoms with Crippen LogP contribution in [0.5, 0.6) is 0 Å². The Kier molecular flexibility index (Phi) is 4.91. The van der Waals surface area contributed by atoms with Gasteiger partial charge in [0.25, 0.3) is 5.69 Å². The van der Waals surface area contributed by atoms with Gasteiger partial charge in [-0.25, -0.2) is 14.8 Å². The van der Waals surface area contributed by atoms with Gasteiger partial charge in [0.15, 0.2) is 0 Å². The van der Waals surface area contributed by atoms with Gasteiger partial charge in [-0.1, -0.05) is 6.07 Å². The Bertz CT molecular complexity index is 1140. The average molecular weight is 412 g/mol. The van der Waals surface area contributed by atoms with Crippen molar-refractivity contribution >= 4 is 39.0 Å². The Labute approximate surface area is 171 Å². The van der Waals surface area contributed by atoms with Crippen LogP contribution in [0.2, 0.25) is 0 Å². The number of esters is 1. The summed E-state index contributed by atoms with van der Waals surface area (Å²) in [6.07, 6.45) is 0.770. The lowest BCUT2D eigenvalue weighted by atomic mass is 9.98. The molecule has 0 unspecified atom stereocenters. The van der Waals surface area contributed by atoms with Gasteiger partial charge in [0.05, 0.1) is 16.9 Å². The highest BCUT2D eigenvalue weighted by Crippen LogP contribution is 2.37. The molecular formula is C20H20N4O4S. The Hall–Kier alpha value is -3.07. The number of aromatic nitrogens is 2. The van der Waals surface area contributed by atoms with Gasteiger partial charge in [-0.05, 0) is 43.9 Å². The predicted octanol–water partition coefficient (Wildman–Crippen LogP) is 3.96. The SMILES string of the molecule is CCOC(=O)c1sc2nc(C)nc(N3CCc4ccc([N+](=O)[O-])cc4C3)c2c1C. The minimum Gasteiger partial charge on any atom is -0.462 e. The van der Waals surface area contributed by atoms with Crippen molar-refractivity contribution in [3.05, 3.63) is 55.7 Å². The van der Waals surface area contributed by atoms with E-state index in [0.717, 1.165) is 45.7 Å². The maximum Gasteiger partial charge on any atom is 0.348 e. The minimum atomic E-state index is -0.374. The summed E-state index contributed by atoms with van der Waals surface area (Å²) >= 11 is 1.31. The molecule has 0 bridgehead atoms. The minimum absolute atomic E-state index is 0.0888. The molecule has 0 saturated carbocycles. The Morgan fingerprint density at radius 2 is 2.10 bits per heavy atom. The van der Waals surface area contributed by atoms with Crippen LogP contribution in [0, 0.1) is 24.0 Å². The molecule has 0 radical (unpaired) electrons. The summed E-state index contributed by atoms with van der Waals surface area (Å²) in [5, 5.41) is 12.0. The van der Waals surface area contributed by atoms with Crippen molar-refractivity contribution in [3.63, 3.8) is 0 Å². The second kappa shape index (κ2) is 7.40. The van der Waals surface area contributed by atoms with E-state index in [0.29, 0.717) is 23.9 Å². The first-order valence-corrected chi connectivity index (χ1v) is 10.2. The van der Waals surface area contributed by atoms with E-state index < -0.39 is 0 Å². The van der Waals surface area contributed by atoms with Crippen LogP contribution in [0.1, 0.15) is 39.1 Å². The van der Waals surface area contributed by atoms with Crippen molar-refractivity contribution in [3.8, 4) is 0 Å². The van der Waals surface area contributed by atoms with Crippen LogP contribution in [0.3, 0.4) is 0 Å². The lowest BCUT2D eigenvalue weighted by molar-refractivity contribution is -0.384. The maximum atomic E-state index is 12.3. The zero-order chi connectivity index (χ0) is 20.7. The third-order valence-corrected chi connectivity index (χ3v) is 6.22. The standard InChI is InChI=1S/C20H20N4O4S/c1-4-28-20(25)17-11(2)16-18(21-12(3)22-19(16)29-17)23-8-7-13-5-6-15(24(26)27)9-14(13)10-23/h5-6,9H,4,7-8,10H2,1-3H3. The van der Waals surface area contributed by atoms with E-state index in [-0.39, 0.29) is 16.6 Å². The second-order valence-corrected chi connectivity index (χ2v) is 7.93. The van der Waals surface area contributed by atoms with Gasteiger partial charge in [0, 0.05) is 25.2 Å². The van der Waals surface area contributed by atoms with Crippen molar-refractivity contribution in [2.45, 2.75) is 33.7 Å². The number of carbonyl (C=O) groups is 1. The Morgan fingerprint density at radius 1 is 1.31 bits per heavy atom. The molecule has 9 heteroatoms. The lowest BCUT2D eigenvalue weighted by Crippen LogP contribution is -2.31. The van der Waals surface area contributed by atoms with E-state index in [9.17, 15) is 14.9 Å². The topological polar surface area (TPSA) is 98.5 Å². The molecule has 3 heterocycles. The van der Waals surface area contributed by atoms with Gasteiger partial charge < -0.3 is 9.64 Å². The van der Waals surface area contributed by atoms with E-state index in [1.165, 1.54) is 11.3 Å². The van der Waals surface area contributed by atoms with Crippen LogP contribution >= 0.6 is 11.3 Å². The molecule has 150 valence electrons. The molecular weight excluding hydrogens is 392 g/mol. The number of aryl methyl sites for hydroxylation is 2. The molecule has 3 aromatic rings. The number of hydrogen-bond acceptors (Lipinski definition) is 8. The monoisotopic (exact) mass is 412 g/mol. The van der Waals surface area contributed by atoms with Crippen molar-refractivity contribution in [1.29, 1.82) is 0 Å². The van der Waals surface area contributed by atoms with Crippen LogP contribution in [-0.4, -0.2) is 34.0 Å². The van der Waals surface area contributed by atoms with Crippen LogP contribution in [0.25, 0.3) is 10.2 Å². The molecule has 0 spiro atoms. The Morgan fingerprint density at radius 3 is 2.83 bits per heavy atom. The third kappa shape index (κ3) is 3.42. The number of nitrogens with zero attached hydrogens (tertiary/aromatic N) is 4. The molecule has 8 nitrogen and oxygen atoms in total. The Balaban J connectivity index is 1.79. The highest BCUT2D eigenvalue weighted by molar-refractivity contribution is 7.20.